The predicted octanol–water partition coefficient (Wildman–Crippen LogP) is 3.49. The summed E-state index contributed by atoms with van der Waals surface area (Å²) in [5.41, 5.74) is 3.80. The average molecular weight is 512 g/mol. The largest absolute Gasteiger partial charge is 0.507 e. The minimum absolute atomic E-state index is 0.0847. The maximum Gasteiger partial charge on any atom is 0.295 e. The van der Waals surface area contributed by atoms with Gasteiger partial charge >= 0.3 is 0 Å². The van der Waals surface area contributed by atoms with Crippen molar-refractivity contribution in [2.24, 2.45) is 0 Å². The number of nitrogens with one attached hydrogen (secondary N) is 1. The lowest BCUT2D eigenvalue weighted by Gasteiger charge is -2.31. The van der Waals surface area contributed by atoms with Crippen LogP contribution in [0.4, 0.5) is 0 Å². The monoisotopic (exact) mass is 511 g/mol. The summed E-state index contributed by atoms with van der Waals surface area (Å²) in [4.78, 5) is 33.8. The fraction of sp³-hybridized carbons (Fsp3) is 0.500. The molecule has 1 unspecified atom stereocenters. The standard InChI is InChI=1S/C28H37N3O6/c1-6-13-37-21-8-7-20(16-22(21)35-5)25-24(26(32)23-17(2)18(3)29-19(23)4)27(33)28(34)31(25)10-9-30-11-14-36-15-12-30/h7-8,16,25,29,32H,6,9-15H2,1-5H3/b26-24+. The number of morpholine rings is 1. The van der Waals surface area contributed by atoms with E-state index in [-0.39, 0.29) is 11.3 Å². The maximum atomic E-state index is 13.4. The maximum absolute atomic E-state index is 13.4. The Morgan fingerprint density at radius 3 is 2.46 bits per heavy atom. The van der Waals surface area contributed by atoms with Crippen molar-refractivity contribution in [3.8, 4) is 11.5 Å². The highest BCUT2D eigenvalue weighted by atomic mass is 16.5. The molecule has 0 spiro atoms. The number of aromatic amines is 1. The molecule has 1 aromatic heterocycles. The van der Waals surface area contributed by atoms with Crippen molar-refractivity contribution in [1.82, 2.24) is 14.8 Å². The number of amides is 1. The van der Waals surface area contributed by atoms with Crippen molar-refractivity contribution in [3.63, 3.8) is 0 Å². The third-order valence-electron chi connectivity index (χ3n) is 7.19. The topological polar surface area (TPSA) is 104 Å². The molecule has 2 aromatic rings. The number of aliphatic hydroxyl groups excluding tert-OH is 1. The van der Waals surface area contributed by atoms with Gasteiger partial charge in [0.05, 0.1) is 38.5 Å². The number of Topliss-reactive ketones (excluding diaryl/α,β-unsaturated/α-hetero) is 1. The Balaban J connectivity index is 1.80. The van der Waals surface area contributed by atoms with E-state index in [1.54, 1.807) is 24.1 Å². The fourth-order valence-electron chi connectivity index (χ4n) is 5.11. The third kappa shape index (κ3) is 5.24. The Hall–Kier alpha value is -3.30. The molecule has 2 N–H and O–H groups in total. The van der Waals surface area contributed by atoms with Crippen LogP contribution in [0, 0.1) is 20.8 Å². The van der Waals surface area contributed by atoms with Crippen molar-refractivity contribution in [3.05, 3.63) is 51.9 Å². The molecule has 2 aliphatic heterocycles. The first-order valence-electron chi connectivity index (χ1n) is 12.8. The van der Waals surface area contributed by atoms with Gasteiger partial charge in [0, 0.05) is 43.1 Å². The Bertz CT molecular complexity index is 1190. The number of ketones is 1. The van der Waals surface area contributed by atoms with Gasteiger partial charge in [0.2, 0.25) is 0 Å². The number of nitrogens with zero attached hydrogens (tertiary/aromatic N) is 2. The number of aliphatic hydroxyl groups is 1. The number of likely N-dealkylation sites (tertiary alicyclic amines) is 1. The fourth-order valence-corrected chi connectivity index (χ4v) is 5.11. The Morgan fingerprint density at radius 1 is 1.11 bits per heavy atom. The molecule has 4 rings (SSSR count). The number of H-pyrrole nitrogens is 1. The average Bonchev–Trinajstić information content (AvgIpc) is 3.31. The van der Waals surface area contributed by atoms with Crippen LogP contribution in [0.1, 0.15) is 47.5 Å². The summed E-state index contributed by atoms with van der Waals surface area (Å²) in [6.45, 7) is 12.0. The van der Waals surface area contributed by atoms with Crippen LogP contribution in [-0.2, 0) is 14.3 Å². The van der Waals surface area contributed by atoms with Crippen LogP contribution in [0.2, 0.25) is 0 Å². The Labute approximate surface area is 218 Å². The number of hydrogen-bond donors (Lipinski definition) is 2. The van der Waals surface area contributed by atoms with Crippen LogP contribution in [0.3, 0.4) is 0 Å². The van der Waals surface area contributed by atoms with Gasteiger partial charge in [0.1, 0.15) is 5.76 Å². The quantitative estimate of drug-likeness (QED) is 0.302. The summed E-state index contributed by atoms with van der Waals surface area (Å²) in [6, 6.07) is 4.66. The first-order valence-corrected chi connectivity index (χ1v) is 12.8. The van der Waals surface area contributed by atoms with Crippen LogP contribution in [-0.4, -0.2) is 84.7 Å². The molecule has 1 atom stereocenters. The normalized spacial score (nSPS) is 20.0. The molecule has 1 amide bonds. The molecule has 1 aromatic carbocycles. The van der Waals surface area contributed by atoms with Gasteiger partial charge in [0.15, 0.2) is 11.5 Å². The highest BCUT2D eigenvalue weighted by Gasteiger charge is 2.46. The Kier molecular flexibility index (Phi) is 8.24. The molecular weight excluding hydrogens is 474 g/mol. The summed E-state index contributed by atoms with van der Waals surface area (Å²) in [5, 5.41) is 11.5. The molecular formula is C28H37N3O6. The minimum Gasteiger partial charge on any atom is -0.507 e. The number of carbonyl (C=O) groups is 2. The van der Waals surface area contributed by atoms with E-state index in [9.17, 15) is 14.7 Å². The summed E-state index contributed by atoms with van der Waals surface area (Å²) in [7, 11) is 1.56. The number of rotatable bonds is 9. The zero-order valence-corrected chi connectivity index (χ0v) is 22.3. The minimum atomic E-state index is -0.760. The zero-order valence-electron chi connectivity index (χ0n) is 22.3. The summed E-state index contributed by atoms with van der Waals surface area (Å²) < 4.78 is 16.8. The molecule has 2 aliphatic rings. The van der Waals surface area contributed by atoms with Crippen molar-refractivity contribution in [2.45, 2.75) is 40.2 Å². The van der Waals surface area contributed by atoms with Crippen LogP contribution in [0.5, 0.6) is 11.5 Å². The lowest BCUT2D eigenvalue weighted by molar-refractivity contribution is -0.140. The van der Waals surface area contributed by atoms with Crippen LogP contribution >= 0.6 is 0 Å². The lowest BCUT2D eigenvalue weighted by Crippen LogP contribution is -2.42. The number of carbonyl (C=O) groups excluding carboxylic acids is 2. The Morgan fingerprint density at radius 2 is 1.84 bits per heavy atom. The van der Waals surface area contributed by atoms with Gasteiger partial charge in [-0.3, -0.25) is 14.5 Å². The molecule has 0 radical (unpaired) electrons. The van der Waals surface area contributed by atoms with Crippen LogP contribution < -0.4 is 9.47 Å². The second-order valence-electron chi connectivity index (χ2n) is 9.58. The smallest absolute Gasteiger partial charge is 0.295 e. The SMILES string of the molecule is CCCOc1ccc(C2/C(=C(\O)c3c(C)[nH]c(C)c3C)C(=O)C(=O)N2CCN2CCOCC2)cc1OC. The van der Waals surface area contributed by atoms with Crippen molar-refractivity contribution < 1.29 is 28.9 Å². The van der Waals surface area contributed by atoms with Crippen molar-refractivity contribution >= 4 is 17.4 Å². The molecule has 0 saturated carbocycles. The van der Waals surface area contributed by atoms with E-state index in [4.69, 9.17) is 14.2 Å². The lowest BCUT2D eigenvalue weighted by atomic mass is 9.94. The van der Waals surface area contributed by atoms with E-state index >= 15 is 0 Å². The van der Waals surface area contributed by atoms with Crippen LogP contribution in [0.25, 0.3) is 5.76 Å². The summed E-state index contributed by atoms with van der Waals surface area (Å²) in [6.07, 6.45) is 0.849. The highest BCUT2D eigenvalue weighted by Crippen LogP contribution is 2.43. The number of aromatic nitrogens is 1. The number of hydrogen-bond acceptors (Lipinski definition) is 7. The van der Waals surface area contributed by atoms with Crippen LogP contribution in [0.15, 0.2) is 23.8 Å². The molecule has 2 fully saturated rings. The number of methoxy groups -OCH3 is 1. The molecule has 3 heterocycles. The number of ether oxygens (including phenoxy) is 3. The van der Waals surface area contributed by atoms with Gasteiger partial charge in [-0.15, -0.1) is 0 Å². The van der Waals surface area contributed by atoms with Gasteiger partial charge in [-0.2, -0.15) is 0 Å². The molecule has 9 nitrogen and oxygen atoms in total. The molecule has 0 aliphatic carbocycles. The highest BCUT2D eigenvalue weighted by molar-refractivity contribution is 6.46. The van der Waals surface area contributed by atoms with E-state index in [0.29, 0.717) is 55.5 Å². The molecule has 0 bridgehead atoms. The second-order valence-corrected chi connectivity index (χ2v) is 9.58. The third-order valence-corrected chi connectivity index (χ3v) is 7.19. The molecule has 2 saturated heterocycles. The summed E-state index contributed by atoms with van der Waals surface area (Å²) >= 11 is 0. The van der Waals surface area contributed by atoms with Crippen molar-refractivity contribution in [1.29, 1.82) is 0 Å². The first-order chi connectivity index (χ1) is 17.8. The molecule has 37 heavy (non-hydrogen) atoms. The van der Waals surface area contributed by atoms with Gasteiger partial charge in [0.25, 0.3) is 11.7 Å². The van der Waals surface area contributed by atoms with Crippen molar-refractivity contribution in [2.75, 3.05) is 53.1 Å². The van der Waals surface area contributed by atoms with Gasteiger partial charge < -0.3 is 29.2 Å². The zero-order chi connectivity index (χ0) is 26.7. The van der Waals surface area contributed by atoms with Gasteiger partial charge in [-0.25, -0.2) is 0 Å². The molecule has 200 valence electrons. The summed E-state index contributed by atoms with van der Waals surface area (Å²) in [5.74, 6) is -0.372. The van der Waals surface area contributed by atoms with E-state index in [1.807, 2.05) is 33.8 Å². The van der Waals surface area contributed by atoms with E-state index in [2.05, 4.69) is 9.88 Å². The first kappa shape index (κ1) is 26.8. The second kappa shape index (κ2) is 11.4. The molecule has 9 heteroatoms. The number of benzene rings is 1. The van der Waals surface area contributed by atoms with Gasteiger partial charge in [-0.05, 0) is 50.5 Å². The van der Waals surface area contributed by atoms with E-state index in [0.717, 1.165) is 36.5 Å². The van der Waals surface area contributed by atoms with E-state index in [1.165, 1.54) is 0 Å². The van der Waals surface area contributed by atoms with Gasteiger partial charge in [-0.1, -0.05) is 13.0 Å². The predicted molar refractivity (Wildman–Crippen MR) is 140 cm³/mol. The van der Waals surface area contributed by atoms with E-state index < -0.39 is 17.7 Å². The number of aryl methyl sites for hydroxylation is 2.